The Morgan fingerprint density at radius 3 is 2.29 bits per heavy atom. The smallest absolute Gasteiger partial charge is 0.340 e. The predicted octanol–water partition coefficient (Wildman–Crippen LogP) is 3.19. The Balaban J connectivity index is 1.22. The Bertz CT molecular complexity index is 1310. The average Bonchev–Trinajstić information content (AvgIpc) is 3.65. The first-order valence-corrected chi connectivity index (χ1v) is 11.5. The summed E-state index contributed by atoms with van der Waals surface area (Å²) in [5.74, 6) is -1.83. The maximum Gasteiger partial charge on any atom is 0.340 e. The van der Waals surface area contributed by atoms with Gasteiger partial charge < -0.3 is 4.74 Å². The molecule has 176 valence electrons. The molecule has 5 aliphatic rings. The van der Waals surface area contributed by atoms with Gasteiger partial charge in [-0.05, 0) is 42.2 Å². The highest BCUT2D eigenvalue weighted by atomic mass is 16.6. The summed E-state index contributed by atoms with van der Waals surface area (Å²) < 4.78 is 5.19. The standard InChI is InChI=1S/C26H20N2O7/c29-21(13-4-3-5-14(10-13)28(33)34)12-35-26(32)17-6-1-2-7-20(17)27-24(30)22-15-8-9-16(19-11-18(15)19)23(22)25(27)31/h1-10,15-16,18-19,22-23H,11-12H2/t15-,16-,18-,19+,22+,23+/m0/s1. The molecule has 2 aromatic rings. The minimum atomic E-state index is -0.862. The topological polar surface area (TPSA) is 124 Å². The van der Waals surface area contributed by atoms with Crippen LogP contribution in [0.4, 0.5) is 11.4 Å². The van der Waals surface area contributed by atoms with Gasteiger partial charge in [-0.2, -0.15) is 0 Å². The van der Waals surface area contributed by atoms with Crippen LogP contribution >= 0.6 is 0 Å². The van der Waals surface area contributed by atoms with Gasteiger partial charge in [0, 0.05) is 17.7 Å². The second-order valence-electron chi connectivity index (χ2n) is 9.49. The highest BCUT2D eigenvalue weighted by Gasteiger charge is 2.67. The van der Waals surface area contributed by atoms with Crippen molar-refractivity contribution >= 4 is 34.9 Å². The lowest BCUT2D eigenvalue weighted by Gasteiger charge is -2.37. The molecule has 0 aromatic heterocycles. The van der Waals surface area contributed by atoms with Gasteiger partial charge >= 0.3 is 5.97 Å². The zero-order valence-electron chi connectivity index (χ0n) is 18.4. The van der Waals surface area contributed by atoms with Gasteiger partial charge in [0.15, 0.2) is 6.61 Å². The van der Waals surface area contributed by atoms with Crippen LogP contribution in [-0.4, -0.2) is 35.1 Å². The molecule has 0 N–H and O–H groups in total. The van der Waals surface area contributed by atoms with Crippen molar-refractivity contribution in [1.82, 2.24) is 0 Å². The fourth-order valence-corrected chi connectivity index (χ4v) is 6.12. The van der Waals surface area contributed by atoms with Gasteiger partial charge in [0.25, 0.3) is 5.69 Å². The molecule has 1 heterocycles. The number of hydrogen-bond acceptors (Lipinski definition) is 7. The molecule has 35 heavy (non-hydrogen) atoms. The van der Waals surface area contributed by atoms with Crippen molar-refractivity contribution < 1.29 is 28.8 Å². The summed E-state index contributed by atoms with van der Waals surface area (Å²) in [4.78, 5) is 63.7. The molecule has 7 rings (SSSR count). The molecule has 1 saturated heterocycles. The Kier molecular flexibility index (Phi) is 4.70. The number of nitro groups is 1. The highest BCUT2D eigenvalue weighted by Crippen LogP contribution is 2.65. The third kappa shape index (κ3) is 3.22. The molecule has 0 radical (unpaired) electrons. The summed E-state index contributed by atoms with van der Waals surface area (Å²) in [6.07, 6.45) is 5.21. The molecule has 2 bridgehead atoms. The minimum absolute atomic E-state index is 0.00477. The number of imide groups is 1. The van der Waals surface area contributed by atoms with Crippen LogP contribution in [0.3, 0.4) is 0 Å². The van der Waals surface area contributed by atoms with Gasteiger partial charge in [0.05, 0.1) is 28.0 Å². The maximum absolute atomic E-state index is 13.4. The van der Waals surface area contributed by atoms with Crippen molar-refractivity contribution in [2.45, 2.75) is 6.42 Å². The largest absolute Gasteiger partial charge is 0.454 e. The fraction of sp³-hybridized carbons (Fsp3) is 0.308. The molecule has 4 aliphatic carbocycles. The molecule has 9 heteroatoms. The minimum Gasteiger partial charge on any atom is -0.454 e. The van der Waals surface area contributed by atoms with Crippen LogP contribution in [0.15, 0.2) is 60.7 Å². The van der Waals surface area contributed by atoms with E-state index < -0.39 is 35.1 Å². The molecule has 6 atom stereocenters. The lowest BCUT2D eigenvalue weighted by atomic mass is 9.63. The van der Waals surface area contributed by atoms with Gasteiger partial charge in [-0.1, -0.05) is 36.4 Å². The van der Waals surface area contributed by atoms with E-state index in [1.165, 1.54) is 30.3 Å². The summed E-state index contributed by atoms with van der Waals surface area (Å²) in [5.41, 5.74) is -0.0557. The summed E-state index contributed by atoms with van der Waals surface area (Å²) in [6.45, 7) is -0.640. The number of nitrogens with zero attached hydrogens (tertiary/aromatic N) is 2. The summed E-state index contributed by atoms with van der Waals surface area (Å²) in [5, 5.41) is 10.9. The van der Waals surface area contributed by atoms with Gasteiger partial charge in [-0.25, -0.2) is 9.69 Å². The number of hydrogen-bond donors (Lipinski definition) is 0. The summed E-state index contributed by atoms with van der Waals surface area (Å²) >= 11 is 0. The second-order valence-corrected chi connectivity index (χ2v) is 9.49. The van der Waals surface area contributed by atoms with Gasteiger partial charge in [-0.3, -0.25) is 24.5 Å². The first kappa shape index (κ1) is 21.4. The first-order chi connectivity index (χ1) is 16.9. The normalized spacial score (nSPS) is 29.5. The molecule has 0 spiro atoms. The SMILES string of the molecule is O=C(COC(=O)c1ccccc1N1C(=O)[C@@H]2[C@H]3C=C[C@@H]([C@@H]4C[C@H]34)[C@H]2C1=O)c1cccc([N+](=O)[O-])c1. The molecule has 9 nitrogen and oxygen atoms in total. The Morgan fingerprint density at radius 2 is 1.63 bits per heavy atom. The van der Waals surface area contributed by atoms with E-state index >= 15 is 0 Å². The first-order valence-electron chi connectivity index (χ1n) is 11.5. The Hall–Kier alpha value is -4.14. The number of nitro benzene ring substituents is 1. The molecule has 2 saturated carbocycles. The maximum atomic E-state index is 13.4. The summed E-state index contributed by atoms with van der Waals surface area (Å²) in [7, 11) is 0. The number of para-hydroxylation sites is 1. The van der Waals surface area contributed by atoms with Crippen LogP contribution in [0.25, 0.3) is 0 Å². The molecule has 2 aromatic carbocycles. The molecular formula is C26H20N2O7. The van der Waals surface area contributed by atoms with Crippen LogP contribution < -0.4 is 4.90 Å². The number of esters is 1. The van der Waals surface area contributed by atoms with Gasteiger partial charge in [0.2, 0.25) is 17.6 Å². The monoisotopic (exact) mass is 472 g/mol. The van der Waals surface area contributed by atoms with Crippen LogP contribution in [-0.2, 0) is 14.3 Å². The predicted molar refractivity (Wildman–Crippen MR) is 121 cm³/mol. The van der Waals surface area contributed by atoms with E-state index in [0.717, 1.165) is 17.4 Å². The molecule has 3 fully saturated rings. The Labute approximate surface area is 199 Å². The van der Waals surface area contributed by atoms with Gasteiger partial charge in [0.1, 0.15) is 0 Å². The fourth-order valence-electron chi connectivity index (χ4n) is 6.12. The lowest BCUT2D eigenvalue weighted by Crippen LogP contribution is -2.40. The van der Waals surface area contributed by atoms with Crippen LogP contribution in [0, 0.1) is 45.6 Å². The number of amides is 2. The van der Waals surface area contributed by atoms with E-state index in [9.17, 15) is 29.3 Å². The molecule has 1 aliphatic heterocycles. The van der Waals surface area contributed by atoms with Gasteiger partial charge in [-0.15, -0.1) is 0 Å². The van der Waals surface area contributed by atoms with Crippen molar-refractivity contribution in [2.24, 2.45) is 35.5 Å². The van der Waals surface area contributed by atoms with Crippen LogP contribution in [0.5, 0.6) is 0 Å². The molecule has 0 unspecified atom stereocenters. The van der Waals surface area contributed by atoms with Crippen LogP contribution in [0.2, 0.25) is 0 Å². The van der Waals surface area contributed by atoms with E-state index in [1.54, 1.807) is 12.1 Å². The van der Waals surface area contributed by atoms with E-state index in [2.05, 4.69) is 12.2 Å². The quantitative estimate of drug-likeness (QED) is 0.158. The number of carbonyl (C=O) groups is 4. The zero-order valence-corrected chi connectivity index (χ0v) is 18.4. The van der Waals surface area contributed by atoms with Crippen LogP contribution in [0.1, 0.15) is 27.1 Å². The van der Waals surface area contributed by atoms with Crippen molar-refractivity contribution in [3.8, 4) is 0 Å². The van der Waals surface area contributed by atoms with E-state index in [0.29, 0.717) is 11.8 Å². The lowest BCUT2D eigenvalue weighted by molar-refractivity contribution is -0.384. The number of ketones is 1. The number of rotatable bonds is 6. The third-order valence-corrected chi connectivity index (χ3v) is 7.74. The van der Waals surface area contributed by atoms with Crippen molar-refractivity contribution in [3.63, 3.8) is 0 Å². The van der Waals surface area contributed by atoms with E-state index in [1.807, 2.05) is 0 Å². The summed E-state index contributed by atoms with van der Waals surface area (Å²) in [6, 6.07) is 11.3. The number of non-ortho nitro benzene ring substituents is 1. The molecule has 2 amide bonds. The third-order valence-electron chi connectivity index (χ3n) is 7.74. The number of ether oxygens (including phenoxy) is 1. The number of Topliss-reactive ketones (excluding diaryl/α,β-unsaturated/α-hetero) is 1. The van der Waals surface area contributed by atoms with Crippen molar-refractivity contribution in [1.29, 1.82) is 0 Å². The van der Waals surface area contributed by atoms with Crippen molar-refractivity contribution in [3.05, 3.63) is 81.9 Å². The Morgan fingerprint density at radius 1 is 0.971 bits per heavy atom. The van der Waals surface area contributed by atoms with E-state index in [-0.39, 0.29) is 46.2 Å². The number of carbonyl (C=O) groups excluding carboxylic acids is 4. The second kappa shape index (κ2) is 7.69. The van der Waals surface area contributed by atoms with Crippen molar-refractivity contribution in [2.75, 3.05) is 11.5 Å². The highest BCUT2D eigenvalue weighted by molar-refractivity contribution is 6.24. The number of allylic oxidation sites excluding steroid dienone is 2. The number of benzene rings is 2. The average molecular weight is 472 g/mol. The zero-order chi connectivity index (χ0) is 24.4. The number of anilines is 1. The molecular weight excluding hydrogens is 452 g/mol. The van der Waals surface area contributed by atoms with E-state index in [4.69, 9.17) is 4.74 Å².